The molecule has 1 heterocycles. The first kappa shape index (κ1) is 18.8. The van der Waals surface area contributed by atoms with Crippen molar-refractivity contribution in [3.63, 3.8) is 0 Å². The minimum absolute atomic E-state index is 0.000488. The largest absolute Gasteiger partial charge is 0.484 e. The van der Waals surface area contributed by atoms with Crippen LogP contribution < -0.4 is 19.7 Å². The van der Waals surface area contributed by atoms with Gasteiger partial charge in [-0.25, -0.2) is 0 Å². The molecule has 0 fully saturated rings. The van der Waals surface area contributed by atoms with E-state index in [1.54, 1.807) is 23.1 Å². The Morgan fingerprint density at radius 3 is 2.63 bits per heavy atom. The maximum atomic E-state index is 12.2. The second-order valence-corrected chi connectivity index (χ2v) is 6.66. The van der Waals surface area contributed by atoms with Crippen molar-refractivity contribution >= 4 is 23.2 Å². The lowest BCUT2D eigenvalue weighted by Crippen LogP contribution is -2.43. The summed E-state index contributed by atoms with van der Waals surface area (Å²) < 4.78 is 11.0. The lowest BCUT2D eigenvalue weighted by atomic mass is 10.1. The summed E-state index contributed by atoms with van der Waals surface area (Å²) in [5.74, 6) is 0.917. The zero-order chi connectivity index (χ0) is 19.4. The maximum Gasteiger partial charge on any atom is 0.265 e. The highest BCUT2D eigenvalue weighted by Gasteiger charge is 2.27. The van der Waals surface area contributed by atoms with Crippen molar-refractivity contribution in [3.8, 4) is 11.5 Å². The topological polar surface area (TPSA) is 67.9 Å². The van der Waals surface area contributed by atoms with Crippen LogP contribution in [0.15, 0.2) is 42.5 Å². The molecule has 0 radical (unpaired) electrons. The van der Waals surface area contributed by atoms with Gasteiger partial charge in [0.25, 0.3) is 11.8 Å². The van der Waals surface area contributed by atoms with Gasteiger partial charge in [0.15, 0.2) is 13.2 Å². The van der Waals surface area contributed by atoms with Crippen LogP contribution in [0.1, 0.15) is 26.3 Å². The third-order valence-corrected chi connectivity index (χ3v) is 4.34. The molecule has 0 saturated carbocycles. The molecule has 2 aromatic carbocycles. The molecule has 6 heteroatoms. The molecule has 0 bridgehead atoms. The summed E-state index contributed by atoms with van der Waals surface area (Å²) in [5, 5.41) is 2.80. The number of carbonyl (C=O) groups excluding carboxylic acids is 2. The average Bonchev–Trinajstić information content (AvgIpc) is 2.66. The predicted molar refractivity (Wildman–Crippen MR) is 105 cm³/mol. The lowest BCUT2D eigenvalue weighted by Gasteiger charge is -2.32. The van der Waals surface area contributed by atoms with Crippen LogP contribution in [0.25, 0.3) is 0 Å². The molecule has 2 aromatic rings. The molecule has 1 aliphatic heterocycles. The molecule has 1 aliphatic rings. The minimum atomic E-state index is -0.270. The summed E-state index contributed by atoms with van der Waals surface area (Å²) in [6, 6.07) is 12.9. The highest BCUT2D eigenvalue weighted by Crippen LogP contribution is 2.35. The van der Waals surface area contributed by atoms with Gasteiger partial charge in [0.1, 0.15) is 11.5 Å². The standard InChI is InChI=1S/C21H24N2O4/c1-4-15-5-8-17(9-6-15)26-12-20(24)22-16-7-10-19-18(11-16)23(14(2)3)21(25)13-27-19/h5-11,14H,4,12-13H2,1-3H3,(H,22,24). The van der Waals surface area contributed by atoms with Crippen LogP contribution in [0.4, 0.5) is 11.4 Å². The predicted octanol–water partition coefficient (Wildman–Crippen LogP) is 3.40. The number of nitrogens with one attached hydrogen (secondary N) is 1. The number of benzene rings is 2. The molecular formula is C21H24N2O4. The van der Waals surface area contributed by atoms with Gasteiger partial charge in [-0.2, -0.15) is 0 Å². The Morgan fingerprint density at radius 2 is 1.96 bits per heavy atom. The number of amides is 2. The summed E-state index contributed by atoms with van der Waals surface area (Å²) in [6.45, 7) is 5.90. The van der Waals surface area contributed by atoms with E-state index < -0.39 is 0 Å². The molecule has 0 saturated heterocycles. The maximum absolute atomic E-state index is 12.2. The summed E-state index contributed by atoms with van der Waals surface area (Å²) in [6.07, 6.45) is 0.957. The molecule has 0 aliphatic carbocycles. The van der Waals surface area contributed by atoms with E-state index in [0.717, 1.165) is 6.42 Å². The highest BCUT2D eigenvalue weighted by molar-refractivity contribution is 6.00. The van der Waals surface area contributed by atoms with Gasteiger partial charge >= 0.3 is 0 Å². The van der Waals surface area contributed by atoms with Crippen molar-refractivity contribution in [3.05, 3.63) is 48.0 Å². The fraction of sp³-hybridized carbons (Fsp3) is 0.333. The first-order chi connectivity index (χ1) is 13.0. The zero-order valence-electron chi connectivity index (χ0n) is 15.8. The quantitative estimate of drug-likeness (QED) is 0.849. The SMILES string of the molecule is CCc1ccc(OCC(=O)Nc2ccc3c(c2)N(C(C)C)C(=O)CO3)cc1. The van der Waals surface area contributed by atoms with Gasteiger partial charge in [0.05, 0.1) is 5.69 Å². The van der Waals surface area contributed by atoms with E-state index in [1.165, 1.54) is 5.56 Å². The number of fused-ring (bicyclic) bond motifs is 1. The third-order valence-electron chi connectivity index (χ3n) is 4.34. The number of anilines is 2. The fourth-order valence-electron chi connectivity index (χ4n) is 2.98. The van der Waals surface area contributed by atoms with Gasteiger partial charge in [-0.15, -0.1) is 0 Å². The van der Waals surface area contributed by atoms with Crippen molar-refractivity contribution in [2.75, 3.05) is 23.4 Å². The second kappa shape index (κ2) is 8.12. The van der Waals surface area contributed by atoms with Crippen molar-refractivity contribution < 1.29 is 19.1 Å². The number of hydrogen-bond donors (Lipinski definition) is 1. The van der Waals surface area contributed by atoms with Crippen LogP contribution in [0.5, 0.6) is 11.5 Å². The summed E-state index contributed by atoms with van der Waals surface area (Å²) in [7, 11) is 0. The number of carbonyl (C=O) groups is 2. The third kappa shape index (κ3) is 4.39. The van der Waals surface area contributed by atoms with E-state index in [9.17, 15) is 9.59 Å². The van der Waals surface area contributed by atoms with Gasteiger partial charge in [0.2, 0.25) is 0 Å². The van der Waals surface area contributed by atoms with E-state index in [0.29, 0.717) is 22.9 Å². The Balaban J connectivity index is 1.65. The van der Waals surface area contributed by atoms with Crippen molar-refractivity contribution in [2.45, 2.75) is 33.2 Å². The number of rotatable bonds is 6. The summed E-state index contributed by atoms with van der Waals surface area (Å²) in [5.41, 5.74) is 2.47. The Labute approximate surface area is 159 Å². The highest BCUT2D eigenvalue weighted by atomic mass is 16.5. The molecule has 3 rings (SSSR count). The Hall–Kier alpha value is -3.02. The number of aryl methyl sites for hydroxylation is 1. The van der Waals surface area contributed by atoms with Gasteiger partial charge in [-0.3, -0.25) is 9.59 Å². The van der Waals surface area contributed by atoms with E-state index in [-0.39, 0.29) is 31.1 Å². The summed E-state index contributed by atoms with van der Waals surface area (Å²) in [4.78, 5) is 26.0. The molecule has 2 amide bonds. The van der Waals surface area contributed by atoms with Gasteiger partial charge < -0.3 is 19.7 Å². The molecule has 0 spiro atoms. The molecule has 27 heavy (non-hydrogen) atoms. The Bertz CT molecular complexity index is 831. The molecule has 6 nitrogen and oxygen atoms in total. The smallest absolute Gasteiger partial charge is 0.265 e. The van der Waals surface area contributed by atoms with Crippen LogP contribution in [-0.2, 0) is 16.0 Å². The van der Waals surface area contributed by atoms with Crippen molar-refractivity contribution in [1.82, 2.24) is 0 Å². The molecule has 0 aromatic heterocycles. The van der Waals surface area contributed by atoms with Crippen LogP contribution >= 0.6 is 0 Å². The monoisotopic (exact) mass is 368 g/mol. The van der Waals surface area contributed by atoms with E-state index >= 15 is 0 Å². The van der Waals surface area contributed by atoms with E-state index in [4.69, 9.17) is 9.47 Å². The molecule has 1 N–H and O–H groups in total. The first-order valence-electron chi connectivity index (χ1n) is 9.08. The van der Waals surface area contributed by atoms with Crippen LogP contribution in [0.2, 0.25) is 0 Å². The first-order valence-corrected chi connectivity index (χ1v) is 9.08. The van der Waals surface area contributed by atoms with E-state index in [2.05, 4.69) is 12.2 Å². The number of nitrogens with zero attached hydrogens (tertiary/aromatic N) is 1. The number of ether oxygens (including phenoxy) is 2. The molecule has 0 atom stereocenters. The Morgan fingerprint density at radius 1 is 1.22 bits per heavy atom. The minimum Gasteiger partial charge on any atom is -0.484 e. The van der Waals surface area contributed by atoms with Gasteiger partial charge in [-0.05, 0) is 56.2 Å². The van der Waals surface area contributed by atoms with Gasteiger partial charge in [0, 0.05) is 11.7 Å². The van der Waals surface area contributed by atoms with Crippen molar-refractivity contribution in [1.29, 1.82) is 0 Å². The van der Waals surface area contributed by atoms with Crippen molar-refractivity contribution in [2.24, 2.45) is 0 Å². The molecular weight excluding hydrogens is 344 g/mol. The fourth-order valence-corrected chi connectivity index (χ4v) is 2.98. The second-order valence-electron chi connectivity index (χ2n) is 6.66. The van der Waals surface area contributed by atoms with Gasteiger partial charge in [-0.1, -0.05) is 19.1 Å². The summed E-state index contributed by atoms with van der Waals surface area (Å²) >= 11 is 0. The average molecular weight is 368 g/mol. The van der Waals surface area contributed by atoms with Crippen LogP contribution in [0.3, 0.4) is 0 Å². The normalized spacial score (nSPS) is 13.2. The van der Waals surface area contributed by atoms with Crippen LogP contribution in [-0.4, -0.2) is 31.1 Å². The number of hydrogen-bond acceptors (Lipinski definition) is 4. The molecule has 0 unspecified atom stereocenters. The van der Waals surface area contributed by atoms with E-state index in [1.807, 2.05) is 38.1 Å². The molecule has 142 valence electrons. The zero-order valence-corrected chi connectivity index (χ0v) is 15.8. The van der Waals surface area contributed by atoms with Crippen LogP contribution in [0, 0.1) is 0 Å². The lowest BCUT2D eigenvalue weighted by molar-refractivity contribution is -0.121. The Kier molecular flexibility index (Phi) is 5.64.